The Balaban J connectivity index is 1.74. The predicted octanol–water partition coefficient (Wildman–Crippen LogP) is -0.831. The van der Waals surface area contributed by atoms with Crippen LogP contribution in [0.5, 0.6) is 11.5 Å². The van der Waals surface area contributed by atoms with Crippen molar-refractivity contribution in [1.82, 2.24) is 9.55 Å². The number of halogens is 1. The van der Waals surface area contributed by atoms with E-state index in [2.05, 4.69) is 0 Å². The van der Waals surface area contributed by atoms with Crippen molar-refractivity contribution >= 4 is 5.97 Å². The number of methoxy groups -OCH3 is 2. The molecule has 2 aromatic rings. The molecule has 0 radical (unpaired) electrons. The number of benzene rings is 1. The quantitative estimate of drug-likeness (QED) is 0.503. The van der Waals surface area contributed by atoms with Crippen LogP contribution in [0, 0.1) is 5.82 Å². The predicted molar refractivity (Wildman–Crippen MR) is 97.0 cm³/mol. The Hall–Kier alpha value is -3.22. The van der Waals surface area contributed by atoms with Crippen molar-refractivity contribution in [3.8, 4) is 11.5 Å². The van der Waals surface area contributed by atoms with E-state index < -0.39 is 54.2 Å². The molecule has 1 aromatic heterocycles. The average Bonchev–Trinajstić information content (AvgIpc) is 3.02. The zero-order chi connectivity index (χ0) is 22.0. The SMILES string of the molecule is COc1cccc(C(=O)OC[C@H]2O[C@@H](n3cc(F)c(=O)[nH]c3=O)[C@H](O)[C@@H]2O)c1OC. The first-order valence-corrected chi connectivity index (χ1v) is 8.69. The molecule has 11 nitrogen and oxygen atoms in total. The molecule has 0 aliphatic carbocycles. The van der Waals surface area contributed by atoms with E-state index in [0.717, 1.165) is 0 Å². The minimum atomic E-state index is -1.65. The second kappa shape index (κ2) is 8.65. The molecule has 3 rings (SSSR count). The first-order valence-electron chi connectivity index (χ1n) is 8.69. The summed E-state index contributed by atoms with van der Waals surface area (Å²) in [4.78, 5) is 37.2. The number of nitrogens with zero attached hydrogens (tertiary/aromatic N) is 1. The van der Waals surface area contributed by atoms with E-state index >= 15 is 0 Å². The van der Waals surface area contributed by atoms with Crippen LogP contribution in [0.25, 0.3) is 0 Å². The van der Waals surface area contributed by atoms with Gasteiger partial charge in [0.2, 0.25) is 5.82 Å². The summed E-state index contributed by atoms with van der Waals surface area (Å²) in [6.45, 7) is -0.492. The second-order valence-corrected chi connectivity index (χ2v) is 6.33. The molecule has 1 aromatic carbocycles. The van der Waals surface area contributed by atoms with Crippen LogP contribution >= 0.6 is 0 Å². The van der Waals surface area contributed by atoms with Gasteiger partial charge in [0.1, 0.15) is 30.5 Å². The maximum atomic E-state index is 13.5. The number of ether oxygens (including phenoxy) is 4. The monoisotopic (exact) mass is 426 g/mol. The Morgan fingerprint density at radius 1 is 1.23 bits per heavy atom. The summed E-state index contributed by atoms with van der Waals surface area (Å²) >= 11 is 0. The third kappa shape index (κ3) is 3.92. The van der Waals surface area contributed by atoms with Crippen molar-refractivity contribution in [3.63, 3.8) is 0 Å². The Kier molecular flexibility index (Phi) is 6.20. The Bertz CT molecular complexity index is 1050. The molecule has 12 heteroatoms. The number of aliphatic hydroxyl groups excluding tert-OH is 2. The number of para-hydroxylation sites is 1. The number of aromatic amines is 1. The number of aliphatic hydroxyl groups is 2. The molecule has 1 aliphatic rings. The molecular weight excluding hydrogens is 407 g/mol. The highest BCUT2D eigenvalue weighted by Gasteiger charge is 2.45. The van der Waals surface area contributed by atoms with Gasteiger partial charge in [-0.15, -0.1) is 0 Å². The number of carbonyl (C=O) groups is 1. The highest BCUT2D eigenvalue weighted by atomic mass is 19.1. The van der Waals surface area contributed by atoms with Gasteiger partial charge in [0.25, 0.3) is 5.56 Å². The van der Waals surface area contributed by atoms with Crippen LogP contribution in [0.15, 0.2) is 34.0 Å². The highest BCUT2D eigenvalue weighted by molar-refractivity contribution is 5.93. The van der Waals surface area contributed by atoms with Gasteiger partial charge < -0.3 is 29.2 Å². The van der Waals surface area contributed by atoms with Gasteiger partial charge in [0.05, 0.1) is 20.4 Å². The number of hydrogen-bond donors (Lipinski definition) is 3. The molecule has 1 aliphatic heterocycles. The molecule has 0 amide bonds. The number of aromatic nitrogens is 2. The number of nitrogens with one attached hydrogen (secondary N) is 1. The molecule has 162 valence electrons. The third-order valence-electron chi connectivity index (χ3n) is 4.54. The molecule has 4 atom stereocenters. The first-order chi connectivity index (χ1) is 14.3. The summed E-state index contributed by atoms with van der Waals surface area (Å²) in [6.07, 6.45) is -5.39. The second-order valence-electron chi connectivity index (χ2n) is 6.33. The Labute approximate surface area is 168 Å². The molecular formula is C18H19FN2O9. The summed E-state index contributed by atoms with van der Waals surface area (Å²) in [6, 6.07) is 4.58. The Morgan fingerprint density at radius 2 is 1.97 bits per heavy atom. The van der Waals surface area contributed by atoms with Crippen molar-refractivity contribution in [2.45, 2.75) is 24.5 Å². The van der Waals surface area contributed by atoms with Crippen LogP contribution in [0.1, 0.15) is 16.6 Å². The number of rotatable bonds is 6. The van der Waals surface area contributed by atoms with Crippen molar-refractivity contribution in [1.29, 1.82) is 0 Å². The zero-order valence-corrected chi connectivity index (χ0v) is 15.9. The lowest BCUT2D eigenvalue weighted by Gasteiger charge is -2.17. The van der Waals surface area contributed by atoms with Crippen molar-refractivity contribution < 1.29 is 38.3 Å². The molecule has 0 unspecified atom stereocenters. The molecule has 1 saturated heterocycles. The minimum Gasteiger partial charge on any atom is -0.493 e. The topological polar surface area (TPSA) is 149 Å². The smallest absolute Gasteiger partial charge is 0.342 e. The maximum Gasteiger partial charge on any atom is 0.342 e. The number of H-pyrrole nitrogens is 1. The highest BCUT2D eigenvalue weighted by Crippen LogP contribution is 2.32. The van der Waals surface area contributed by atoms with Gasteiger partial charge >= 0.3 is 11.7 Å². The molecule has 0 saturated carbocycles. The lowest BCUT2D eigenvalue weighted by molar-refractivity contribution is -0.0603. The van der Waals surface area contributed by atoms with Gasteiger partial charge in [-0.1, -0.05) is 6.07 Å². The fourth-order valence-corrected chi connectivity index (χ4v) is 3.03. The number of carbonyl (C=O) groups excluding carboxylic acids is 1. The van der Waals surface area contributed by atoms with Gasteiger partial charge in [0, 0.05) is 0 Å². The van der Waals surface area contributed by atoms with Gasteiger partial charge in [-0.25, -0.2) is 9.59 Å². The number of hydrogen-bond acceptors (Lipinski definition) is 9. The van der Waals surface area contributed by atoms with Crippen molar-refractivity contribution in [3.05, 3.63) is 56.6 Å². The maximum absolute atomic E-state index is 13.5. The van der Waals surface area contributed by atoms with E-state index in [1.165, 1.54) is 20.3 Å². The van der Waals surface area contributed by atoms with Crippen LogP contribution < -0.4 is 20.7 Å². The first kappa shape index (κ1) is 21.5. The fraction of sp³-hybridized carbons (Fsp3) is 0.389. The van der Waals surface area contributed by atoms with Gasteiger partial charge in [0.15, 0.2) is 17.7 Å². The Morgan fingerprint density at radius 3 is 2.63 bits per heavy atom. The molecule has 0 spiro atoms. The fourth-order valence-electron chi connectivity index (χ4n) is 3.03. The van der Waals surface area contributed by atoms with E-state index in [0.29, 0.717) is 16.5 Å². The van der Waals surface area contributed by atoms with Gasteiger partial charge in [-0.05, 0) is 12.1 Å². The van der Waals surface area contributed by atoms with Crippen molar-refractivity contribution in [2.75, 3.05) is 20.8 Å². The van der Waals surface area contributed by atoms with E-state index in [1.807, 2.05) is 0 Å². The lowest BCUT2D eigenvalue weighted by Crippen LogP contribution is -2.38. The normalized spacial score (nSPS) is 23.2. The van der Waals surface area contributed by atoms with Crippen LogP contribution in [-0.4, -0.2) is 64.9 Å². The third-order valence-corrected chi connectivity index (χ3v) is 4.54. The van der Waals surface area contributed by atoms with Crippen LogP contribution in [0.2, 0.25) is 0 Å². The lowest BCUT2D eigenvalue weighted by atomic mass is 10.1. The number of esters is 1. The van der Waals surface area contributed by atoms with Crippen LogP contribution in [0.4, 0.5) is 4.39 Å². The summed E-state index contributed by atoms with van der Waals surface area (Å²) in [7, 11) is 2.75. The van der Waals surface area contributed by atoms with E-state index in [4.69, 9.17) is 18.9 Å². The summed E-state index contributed by atoms with van der Waals surface area (Å²) in [5.41, 5.74) is -2.22. The summed E-state index contributed by atoms with van der Waals surface area (Å²) < 4.78 is 34.9. The summed E-state index contributed by atoms with van der Waals surface area (Å²) in [5, 5.41) is 20.4. The van der Waals surface area contributed by atoms with E-state index in [9.17, 15) is 29.0 Å². The molecule has 30 heavy (non-hydrogen) atoms. The standard InChI is InChI=1S/C18H19FN2O9/c1-27-10-5-3-4-8(14(10)28-2)17(25)29-7-11-12(22)13(23)16(30-11)21-6-9(19)15(24)20-18(21)26/h3-6,11-13,16,22-23H,7H2,1-2H3,(H,20,24,26)/t11-,12-,13-,16-/m1/s1. The van der Waals surface area contributed by atoms with Crippen molar-refractivity contribution in [2.24, 2.45) is 0 Å². The molecule has 1 fully saturated rings. The summed E-state index contributed by atoms with van der Waals surface area (Å²) in [5.74, 6) is -1.64. The van der Waals surface area contributed by atoms with E-state index in [-0.39, 0.29) is 11.3 Å². The van der Waals surface area contributed by atoms with Gasteiger partial charge in [-0.3, -0.25) is 14.3 Å². The molecule has 2 heterocycles. The van der Waals surface area contributed by atoms with E-state index in [1.54, 1.807) is 17.1 Å². The molecule has 0 bridgehead atoms. The largest absolute Gasteiger partial charge is 0.493 e. The zero-order valence-electron chi connectivity index (χ0n) is 15.9. The van der Waals surface area contributed by atoms with Crippen LogP contribution in [-0.2, 0) is 9.47 Å². The molecule has 3 N–H and O–H groups in total. The average molecular weight is 426 g/mol. The van der Waals surface area contributed by atoms with Crippen LogP contribution in [0.3, 0.4) is 0 Å². The minimum absolute atomic E-state index is 0.0559. The van der Waals surface area contributed by atoms with Gasteiger partial charge in [-0.2, -0.15) is 4.39 Å².